The first-order valence-electron chi connectivity index (χ1n) is 10.2. The minimum Gasteiger partial charge on any atom is -0.487 e. The zero-order chi connectivity index (χ0) is 22.1. The van der Waals surface area contributed by atoms with E-state index in [4.69, 9.17) is 4.74 Å². The molecule has 4 aromatic rings. The first-order valence-corrected chi connectivity index (χ1v) is 10.2. The van der Waals surface area contributed by atoms with Crippen molar-refractivity contribution in [2.24, 2.45) is 0 Å². The highest BCUT2D eigenvalue weighted by Crippen LogP contribution is 2.29. The molecule has 0 spiro atoms. The summed E-state index contributed by atoms with van der Waals surface area (Å²) in [5, 5.41) is 5.69. The molecule has 160 valence electrons. The standard InChI is InChI=1S/C24H21N5O3/c1-28-14-23(30)27-20-11-16(8-9-21(20)28)24(31)26-17-5-4-6-19(12-17)32-15-18-13-29-10-3-2-7-22(29)25-18/h2-13H,14-15H2,1H3,(H,26,31)(H,27,30). The fraction of sp³-hybridized carbons (Fsp3) is 0.125. The Morgan fingerprint density at radius 1 is 1.16 bits per heavy atom. The van der Waals surface area contributed by atoms with Gasteiger partial charge in [-0.05, 0) is 42.5 Å². The lowest BCUT2D eigenvalue weighted by molar-refractivity contribution is -0.115. The number of imidazole rings is 1. The monoisotopic (exact) mass is 427 g/mol. The van der Waals surface area contributed by atoms with Crippen LogP contribution in [0.4, 0.5) is 17.1 Å². The minimum atomic E-state index is -0.271. The predicted molar refractivity (Wildman–Crippen MR) is 122 cm³/mol. The van der Waals surface area contributed by atoms with Crippen LogP contribution in [0.15, 0.2) is 73.1 Å². The molecule has 5 rings (SSSR count). The van der Waals surface area contributed by atoms with E-state index in [1.807, 2.05) is 65.1 Å². The number of rotatable bonds is 5. The molecule has 0 unspecified atom stereocenters. The average molecular weight is 427 g/mol. The van der Waals surface area contributed by atoms with E-state index >= 15 is 0 Å². The van der Waals surface area contributed by atoms with Crippen LogP contribution in [0.5, 0.6) is 5.75 Å². The fourth-order valence-electron chi connectivity index (χ4n) is 3.68. The summed E-state index contributed by atoms with van der Waals surface area (Å²) in [6.45, 7) is 0.609. The predicted octanol–water partition coefficient (Wildman–Crippen LogP) is 3.55. The summed E-state index contributed by atoms with van der Waals surface area (Å²) in [6, 6.07) is 18.3. The molecule has 0 radical (unpaired) electrons. The molecule has 1 aliphatic heterocycles. The SMILES string of the molecule is CN1CC(=O)Nc2cc(C(=O)Nc3cccc(OCc4cn5ccccc5n4)c3)ccc21. The molecule has 8 heteroatoms. The number of benzene rings is 2. The molecular weight excluding hydrogens is 406 g/mol. The number of fused-ring (bicyclic) bond motifs is 2. The van der Waals surface area contributed by atoms with Crippen molar-refractivity contribution >= 4 is 34.5 Å². The van der Waals surface area contributed by atoms with Crippen molar-refractivity contribution in [2.75, 3.05) is 29.1 Å². The molecule has 8 nitrogen and oxygen atoms in total. The van der Waals surface area contributed by atoms with E-state index in [2.05, 4.69) is 15.6 Å². The van der Waals surface area contributed by atoms with Crippen molar-refractivity contribution in [3.8, 4) is 5.75 Å². The number of likely N-dealkylation sites (N-methyl/N-ethyl adjacent to an activating group) is 1. The molecule has 2 aromatic heterocycles. The van der Waals surface area contributed by atoms with E-state index in [9.17, 15) is 9.59 Å². The van der Waals surface area contributed by atoms with Gasteiger partial charge in [0.1, 0.15) is 18.0 Å². The Morgan fingerprint density at radius 3 is 2.94 bits per heavy atom. The van der Waals surface area contributed by atoms with Crippen LogP contribution in [-0.2, 0) is 11.4 Å². The van der Waals surface area contributed by atoms with Crippen molar-refractivity contribution in [2.45, 2.75) is 6.61 Å². The topological polar surface area (TPSA) is 88.0 Å². The molecule has 0 saturated carbocycles. The quantitative estimate of drug-likeness (QED) is 0.509. The maximum Gasteiger partial charge on any atom is 0.255 e. The third-order valence-corrected chi connectivity index (χ3v) is 5.22. The molecule has 0 fully saturated rings. The number of nitrogens with zero attached hydrogens (tertiary/aromatic N) is 3. The summed E-state index contributed by atoms with van der Waals surface area (Å²) in [7, 11) is 1.84. The van der Waals surface area contributed by atoms with Crippen LogP contribution >= 0.6 is 0 Å². The molecule has 0 saturated heterocycles. The van der Waals surface area contributed by atoms with E-state index in [0.29, 0.717) is 35.8 Å². The molecule has 0 bridgehead atoms. The zero-order valence-corrected chi connectivity index (χ0v) is 17.4. The van der Waals surface area contributed by atoms with Crippen LogP contribution in [0.25, 0.3) is 5.65 Å². The Bertz CT molecular complexity index is 1300. The molecule has 1 aliphatic rings. The Balaban J connectivity index is 1.27. The second-order valence-electron chi connectivity index (χ2n) is 7.61. The van der Waals surface area contributed by atoms with Gasteiger partial charge in [0.2, 0.25) is 5.91 Å². The Morgan fingerprint density at radius 2 is 2.06 bits per heavy atom. The lowest BCUT2D eigenvalue weighted by atomic mass is 10.1. The number of hydrogen-bond donors (Lipinski definition) is 2. The van der Waals surface area contributed by atoms with Crippen LogP contribution < -0.4 is 20.3 Å². The summed E-state index contributed by atoms with van der Waals surface area (Å²) < 4.78 is 7.81. The van der Waals surface area contributed by atoms with Gasteiger partial charge in [-0.1, -0.05) is 12.1 Å². The maximum absolute atomic E-state index is 12.8. The van der Waals surface area contributed by atoms with Crippen molar-refractivity contribution in [3.63, 3.8) is 0 Å². The number of pyridine rings is 1. The molecule has 2 amide bonds. The Kier molecular flexibility index (Phi) is 4.95. The van der Waals surface area contributed by atoms with E-state index in [0.717, 1.165) is 17.0 Å². The molecule has 2 aromatic carbocycles. The van der Waals surface area contributed by atoms with Gasteiger partial charge in [-0.3, -0.25) is 9.59 Å². The van der Waals surface area contributed by atoms with Crippen molar-refractivity contribution in [3.05, 3.63) is 84.3 Å². The van der Waals surface area contributed by atoms with Gasteiger partial charge in [-0.2, -0.15) is 0 Å². The van der Waals surface area contributed by atoms with Gasteiger partial charge in [0, 0.05) is 36.8 Å². The molecule has 0 atom stereocenters. The third-order valence-electron chi connectivity index (χ3n) is 5.22. The number of hydrogen-bond acceptors (Lipinski definition) is 5. The second-order valence-corrected chi connectivity index (χ2v) is 7.61. The lowest BCUT2D eigenvalue weighted by Crippen LogP contribution is -2.35. The van der Waals surface area contributed by atoms with E-state index in [1.54, 1.807) is 24.3 Å². The van der Waals surface area contributed by atoms with Crippen LogP contribution in [0, 0.1) is 0 Å². The number of anilines is 3. The maximum atomic E-state index is 12.8. The summed E-state index contributed by atoms with van der Waals surface area (Å²) in [5.41, 5.74) is 4.24. The number of amides is 2. The van der Waals surface area contributed by atoms with Gasteiger partial charge in [-0.25, -0.2) is 4.98 Å². The second kappa shape index (κ2) is 8.07. The summed E-state index contributed by atoms with van der Waals surface area (Å²) in [5.74, 6) is 0.250. The number of aromatic nitrogens is 2. The van der Waals surface area contributed by atoms with E-state index in [1.165, 1.54) is 0 Å². The molecule has 3 heterocycles. The molecular formula is C24H21N5O3. The number of carbonyl (C=O) groups excluding carboxylic acids is 2. The Labute approximate surface area is 184 Å². The smallest absolute Gasteiger partial charge is 0.255 e. The van der Waals surface area contributed by atoms with Crippen LogP contribution in [0.2, 0.25) is 0 Å². The largest absolute Gasteiger partial charge is 0.487 e. The first kappa shape index (κ1) is 19.6. The molecule has 2 N–H and O–H groups in total. The number of carbonyl (C=O) groups is 2. The van der Waals surface area contributed by atoms with Crippen molar-refractivity contribution in [1.82, 2.24) is 9.38 Å². The van der Waals surface area contributed by atoms with Gasteiger partial charge in [0.05, 0.1) is 23.6 Å². The lowest BCUT2D eigenvalue weighted by Gasteiger charge is -2.27. The highest BCUT2D eigenvalue weighted by molar-refractivity contribution is 6.07. The van der Waals surface area contributed by atoms with E-state index in [-0.39, 0.29) is 11.8 Å². The Hall–Kier alpha value is -4.33. The minimum absolute atomic E-state index is 0.104. The van der Waals surface area contributed by atoms with Gasteiger partial charge in [0.15, 0.2) is 0 Å². The normalized spacial score (nSPS) is 12.9. The van der Waals surface area contributed by atoms with E-state index < -0.39 is 0 Å². The van der Waals surface area contributed by atoms with Gasteiger partial charge < -0.3 is 24.7 Å². The van der Waals surface area contributed by atoms with Crippen LogP contribution in [0.1, 0.15) is 16.1 Å². The summed E-state index contributed by atoms with van der Waals surface area (Å²) in [4.78, 5) is 30.9. The highest BCUT2D eigenvalue weighted by atomic mass is 16.5. The highest BCUT2D eigenvalue weighted by Gasteiger charge is 2.20. The average Bonchev–Trinajstić information content (AvgIpc) is 3.20. The first-order chi connectivity index (χ1) is 15.5. The molecule has 0 aliphatic carbocycles. The third kappa shape index (κ3) is 3.98. The van der Waals surface area contributed by atoms with Gasteiger partial charge >= 0.3 is 0 Å². The fourth-order valence-corrected chi connectivity index (χ4v) is 3.68. The summed E-state index contributed by atoms with van der Waals surface area (Å²) in [6.07, 6.45) is 3.86. The van der Waals surface area contributed by atoms with Crippen LogP contribution in [-0.4, -0.2) is 34.8 Å². The molecule has 32 heavy (non-hydrogen) atoms. The van der Waals surface area contributed by atoms with Crippen molar-refractivity contribution < 1.29 is 14.3 Å². The number of nitrogens with one attached hydrogen (secondary N) is 2. The van der Waals surface area contributed by atoms with Gasteiger partial charge in [-0.15, -0.1) is 0 Å². The summed E-state index contributed by atoms with van der Waals surface area (Å²) >= 11 is 0. The van der Waals surface area contributed by atoms with Gasteiger partial charge in [0.25, 0.3) is 5.91 Å². The number of ether oxygens (including phenoxy) is 1. The van der Waals surface area contributed by atoms with Crippen molar-refractivity contribution in [1.29, 1.82) is 0 Å². The zero-order valence-electron chi connectivity index (χ0n) is 17.4. The van der Waals surface area contributed by atoms with Crippen LogP contribution in [0.3, 0.4) is 0 Å².